The van der Waals surface area contributed by atoms with Gasteiger partial charge in [0.05, 0.1) is 13.2 Å². The van der Waals surface area contributed by atoms with Crippen molar-refractivity contribution in [3.05, 3.63) is 65.0 Å². The second kappa shape index (κ2) is 6.39. The van der Waals surface area contributed by atoms with E-state index in [1.165, 1.54) is 12.1 Å². The Bertz CT molecular complexity index is 638. The summed E-state index contributed by atoms with van der Waals surface area (Å²) in [5, 5.41) is 2.89. The zero-order valence-electron chi connectivity index (χ0n) is 12.3. The van der Waals surface area contributed by atoms with Gasteiger partial charge in [-0.05, 0) is 49.2 Å². The third-order valence-corrected chi connectivity index (χ3v) is 3.39. The Labute approximate surface area is 123 Å². The molecule has 0 radical (unpaired) electrons. The van der Waals surface area contributed by atoms with E-state index in [0.717, 1.165) is 11.1 Å². The number of carbonyl (C=O) groups is 1. The lowest BCUT2D eigenvalue weighted by Crippen LogP contribution is -2.26. The largest absolute Gasteiger partial charge is 0.496 e. The molecule has 21 heavy (non-hydrogen) atoms. The molecular weight excluding hydrogens is 269 g/mol. The van der Waals surface area contributed by atoms with E-state index in [2.05, 4.69) is 5.32 Å². The Morgan fingerprint density at radius 3 is 2.48 bits per heavy atom. The van der Waals surface area contributed by atoms with Crippen LogP contribution in [-0.2, 0) is 0 Å². The lowest BCUT2D eigenvalue weighted by molar-refractivity contribution is 0.0939. The number of halogens is 1. The van der Waals surface area contributed by atoms with Crippen LogP contribution in [0.3, 0.4) is 0 Å². The van der Waals surface area contributed by atoms with Gasteiger partial charge >= 0.3 is 0 Å². The molecule has 1 atom stereocenters. The van der Waals surface area contributed by atoms with E-state index in [9.17, 15) is 9.18 Å². The van der Waals surface area contributed by atoms with E-state index in [-0.39, 0.29) is 17.8 Å². The maximum Gasteiger partial charge on any atom is 0.251 e. The minimum absolute atomic E-state index is 0.190. The smallest absolute Gasteiger partial charge is 0.251 e. The van der Waals surface area contributed by atoms with Crippen LogP contribution in [0.5, 0.6) is 5.75 Å². The van der Waals surface area contributed by atoms with Gasteiger partial charge in [0.1, 0.15) is 11.6 Å². The highest BCUT2D eigenvalue weighted by Crippen LogP contribution is 2.20. The van der Waals surface area contributed by atoms with E-state index in [4.69, 9.17) is 4.74 Å². The number of hydrogen-bond acceptors (Lipinski definition) is 2. The molecule has 110 valence electrons. The van der Waals surface area contributed by atoms with Crippen LogP contribution in [0.25, 0.3) is 0 Å². The van der Waals surface area contributed by atoms with Crippen LogP contribution in [-0.4, -0.2) is 13.0 Å². The summed E-state index contributed by atoms with van der Waals surface area (Å²) in [5.74, 6) is 0.197. The van der Waals surface area contributed by atoms with Crippen molar-refractivity contribution in [3.63, 3.8) is 0 Å². The molecule has 0 heterocycles. The van der Waals surface area contributed by atoms with Gasteiger partial charge in [-0.1, -0.05) is 18.2 Å². The first kappa shape index (κ1) is 15.0. The molecule has 0 aliphatic heterocycles. The lowest BCUT2D eigenvalue weighted by Gasteiger charge is -2.15. The van der Waals surface area contributed by atoms with E-state index in [0.29, 0.717) is 11.3 Å². The predicted octanol–water partition coefficient (Wildman–Crippen LogP) is 3.63. The number of ether oxygens (including phenoxy) is 1. The van der Waals surface area contributed by atoms with Crippen molar-refractivity contribution in [1.29, 1.82) is 0 Å². The van der Waals surface area contributed by atoms with Gasteiger partial charge < -0.3 is 10.1 Å². The molecule has 0 bridgehead atoms. The van der Waals surface area contributed by atoms with Gasteiger partial charge in [0.15, 0.2) is 0 Å². The molecule has 1 unspecified atom stereocenters. The molecule has 4 heteroatoms. The number of amides is 1. The van der Waals surface area contributed by atoms with Crippen molar-refractivity contribution in [1.82, 2.24) is 5.32 Å². The summed E-state index contributed by atoms with van der Waals surface area (Å²) in [5.41, 5.74) is 2.36. The molecular formula is C17H18FNO2. The first-order valence-corrected chi connectivity index (χ1v) is 6.72. The molecule has 2 rings (SSSR count). The quantitative estimate of drug-likeness (QED) is 0.932. The van der Waals surface area contributed by atoms with Crippen molar-refractivity contribution in [2.45, 2.75) is 19.9 Å². The standard InChI is InChI=1S/C17H18FNO2/c1-11-4-5-14(10-16(11)21-3)17(20)19-12(2)13-6-8-15(18)9-7-13/h4-10,12H,1-3H3,(H,19,20). The fraction of sp³-hybridized carbons (Fsp3) is 0.235. The Morgan fingerprint density at radius 2 is 1.86 bits per heavy atom. The summed E-state index contributed by atoms with van der Waals surface area (Å²) in [6, 6.07) is 11.2. The average Bonchev–Trinajstić information content (AvgIpc) is 2.48. The predicted molar refractivity (Wildman–Crippen MR) is 80.0 cm³/mol. The maximum atomic E-state index is 12.9. The summed E-state index contributed by atoms with van der Waals surface area (Å²) in [7, 11) is 1.57. The maximum absolute atomic E-state index is 12.9. The van der Waals surface area contributed by atoms with Crippen molar-refractivity contribution >= 4 is 5.91 Å². The number of hydrogen-bond donors (Lipinski definition) is 1. The summed E-state index contributed by atoms with van der Waals surface area (Å²) in [6.45, 7) is 3.78. The van der Waals surface area contributed by atoms with Crippen LogP contribution in [0, 0.1) is 12.7 Å². The number of nitrogens with one attached hydrogen (secondary N) is 1. The molecule has 1 N–H and O–H groups in total. The number of rotatable bonds is 4. The summed E-state index contributed by atoms with van der Waals surface area (Å²) in [4.78, 5) is 12.2. The number of methoxy groups -OCH3 is 1. The van der Waals surface area contributed by atoms with Crippen LogP contribution in [0.15, 0.2) is 42.5 Å². The van der Waals surface area contributed by atoms with Gasteiger partial charge in [-0.15, -0.1) is 0 Å². The van der Waals surface area contributed by atoms with Crippen molar-refractivity contribution in [2.75, 3.05) is 7.11 Å². The minimum Gasteiger partial charge on any atom is -0.496 e. The molecule has 0 aromatic heterocycles. The van der Waals surface area contributed by atoms with Crippen LogP contribution in [0.4, 0.5) is 4.39 Å². The van der Waals surface area contributed by atoms with E-state index in [1.807, 2.05) is 19.9 Å². The molecule has 2 aromatic carbocycles. The Balaban J connectivity index is 2.12. The monoisotopic (exact) mass is 287 g/mol. The molecule has 0 spiro atoms. The second-order valence-corrected chi connectivity index (χ2v) is 4.93. The van der Waals surface area contributed by atoms with Gasteiger partial charge in [0.25, 0.3) is 5.91 Å². The number of carbonyl (C=O) groups excluding carboxylic acids is 1. The molecule has 1 amide bonds. The van der Waals surface area contributed by atoms with E-state index >= 15 is 0 Å². The highest BCUT2D eigenvalue weighted by atomic mass is 19.1. The highest BCUT2D eigenvalue weighted by Gasteiger charge is 2.13. The molecule has 0 aliphatic carbocycles. The normalized spacial score (nSPS) is 11.8. The lowest BCUT2D eigenvalue weighted by atomic mass is 10.1. The number of aryl methyl sites for hydroxylation is 1. The SMILES string of the molecule is COc1cc(C(=O)NC(C)c2ccc(F)cc2)ccc1C. The second-order valence-electron chi connectivity index (χ2n) is 4.93. The Hall–Kier alpha value is -2.36. The fourth-order valence-electron chi connectivity index (χ4n) is 2.08. The zero-order chi connectivity index (χ0) is 15.4. The van der Waals surface area contributed by atoms with E-state index < -0.39 is 0 Å². The summed E-state index contributed by atoms with van der Waals surface area (Å²) < 4.78 is 18.1. The Kier molecular flexibility index (Phi) is 4.58. The number of benzene rings is 2. The topological polar surface area (TPSA) is 38.3 Å². The third-order valence-electron chi connectivity index (χ3n) is 3.39. The first-order chi connectivity index (χ1) is 10.0. The molecule has 0 fully saturated rings. The van der Waals surface area contributed by atoms with Gasteiger partial charge in [-0.25, -0.2) is 4.39 Å². The zero-order valence-corrected chi connectivity index (χ0v) is 12.3. The molecule has 0 saturated carbocycles. The molecule has 2 aromatic rings. The van der Waals surface area contributed by atoms with Crippen molar-refractivity contribution in [3.8, 4) is 5.75 Å². The van der Waals surface area contributed by atoms with Crippen LogP contribution < -0.4 is 10.1 Å². The molecule has 3 nitrogen and oxygen atoms in total. The third kappa shape index (κ3) is 3.60. The van der Waals surface area contributed by atoms with E-state index in [1.54, 1.807) is 31.4 Å². The van der Waals surface area contributed by atoms with Crippen LogP contribution >= 0.6 is 0 Å². The van der Waals surface area contributed by atoms with Crippen molar-refractivity contribution in [2.24, 2.45) is 0 Å². The fourth-order valence-corrected chi connectivity index (χ4v) is 2.08. The van der Waals surface area contributed by atoms with Gasteiger partial charge in [-0.3, -0.25) is 4.79 Å². The van der Waals surface area contributed by atoms with Crippen molar-refractivity contribution < 1.29 is 13.9 Å². The average molecular weight is 287 g/mol. The first-order valence-electron chi connectivity index (χ1n) is 6.72. The summed E-state index contributed by atoms with van der Waals surface area (Å²) in [6.07, 6.45) is 0. The van der Waals surface area contributed by atoms with Gasteiger partial charge in [0, 0.05) is 5.56 Å². The minimum atomic E-state index is -0.291. The van der Waals surface area contributed by atoms with Gasteiger partial charge in [0.2, 0.25) is 0 Å². The highest BCUT2D eigenvalue weighted by molar-refractivity contribution is 5.95. The van der Waals surface area contributed by atoms with Crippen LogP contribution in [0.2, 0.25) is 0 Å². The molecule has 0 saturated heterocycles. The Morgan fingerprint density at radius 1 is 1.19 bits per heavy atom. The van der Waals surface area contributed by atoms with Gasteiger partial charge in [-0.2, -0.15) is 0 Å². The molecule has 0 aliphatic rings. The van der Waals surface area contributed by atoms with Crippen LogP contribution in [0.1, 0.15) is 34.5 Å². The summed E-state index contributed by atoms with van der Waals surface area (Å²) >= 11 is 0.